The molecule has 0 bridgehead atoms. The van der Waals surface area contributed by atoms with Gasteiger partial charge in [-0.1, -0.05) is 12.1 Å². The molecule has 1 N–H and O–H groups in total. The Morgan fingerprint density at radius 1 is 1.17 bits per heavy atom. The summed E-state index contributed by atoms with van der Waals surface area (Å²) < 4.78 is 28.4. The predicted octanol–water partition coefficient (Wildman–Crippen LogP) is 2.25. The van der Waals surface area contributed by atoms with Crippen molar-refractivity contribution >= 4 is 0 Å². The quantitative estimate of drug-likeness (QED) is 0.894. The monoisotopic (exact) mass is 256 g/mol. The van der Waals surface area contributed by atoms with Crippen molar-refractivity contribution in [3.8, 4) is 5.75 Å². The molecule has 3 nitrogen and oxygen atoms in total. The van der Waals surface area contributed by atoms with E-state index in [1.165, 1.54) is 0 Å². The maximum Gasteiger partial charge on any atom is 0.387 e. The van der Waals surface area contributed by atoms with Gasteiger partial charge in [0.2, 0.25) is 0 Å². The number of halogens is 2. The van der Waals surface area contributed by atoms with Gasteiger partial charge in [-0.25, -0.2) is 0 Å². The molecule has 2 rings (SSSR count). The van der Waals surface area contributed by atoms with Crippen molar-refractivity contribution in [1.82, 2.24) is 10.2 Å². The number of nitrogens with zero attached hydrogens (tertiary/aromatic N) is 1. The third-order valence-electron chi connectivity index (χ3n) is 3.29. The maximum absolute atomic E-state index is 12.0. The molecule has 1 atom stereocenters. The summed E-state index contributed by atoms with van der Waals surface area (Å²) in [4.78, 5) is 2.37. The molecule has 100 valence electrons. The van der Waals surface area contributed by atoms with Crippen molar-refractivity contribution in [3.05, 3.63) is 29.8 Å². The average molecular weight is 256 g/mol. The summed E-state index contributed by atoms with van der Waals surface area (Å²) in [6.45, 7) is 3.39. The molecule has 1 aliphatic heterocycles. The highest BCUT2D eigenvalue weighted by molar-refractivity contribution is 5.29. The molecule has 0 amide bonds. The Kier molecular flexibility index (Phi) is 4.49. The van der Waals surface area contributed by atoms with Gasteiger partial charge in [-0.2, -0.15) is 8.78 Å². The fourth-order valence-corrected chi connectivity index (χ4v) is 2.21. The molecule has 0 spiro atoms. The van der Waals surface area contributed by atoms with E-state index in [1.807, 2.05) is 12.1 Å². The molecule has 0 aromatic heterocycles. The van der Waals surface area contributed by atoms with Crippen molar-refractivity contribution < 1.29 is 13.5 Å². The lowest BCUT2D eigenvalue weighted by Gasteiger charge is -2.33. The minimum Gasteiger partial charge on any atom is -0.435 e. The van der Waals surface area contributed by atoms with Crippen LogP contribution >= 0.6 is 0 Å². The molecule has 1 saturated heterocycles. The van der Waals surface area contributed by atoms with Crippen LogP contribution in [-0.2, 0) is 0 Å². The topological polar surface area (TPSA) is 24.5 Å². The first-order valence-corrected chi connectivity index (χ1v) is 6.16. The van der Waals surface area contributed by atoms with Crippen LogP contribution in [0.15, 0.2) is 24.3 Å². The number of hydrogen-bond donors (Lipinski definition) is 1. The molecule has 1 aromatic rings. The molecular weight excluding hydrogens is 238 g/mol. The Balaban J connectivity index is 1.99. The fraction of sp³-hybridized carbons (Fsp3) is 0.538. The first-order valence-electron chi connectivity index (χ1n) is 6.16. The van der Waals surface area contributed by atoms with Gasteiger partial charge in [0.05, 0.1) is 0 Å². The standard InChI is InChI=1S/C13H18F2N2O/c1-10(17-8-6-16-7-9-17)11-2-4-12(5-3-11)18-13(14)15/h2-5,10,13,16H,6-9H2,1H3/t10-/m1/s1. The van der Waals surface area contributed by atoms with E-state index in [-0.39, 0.29) is 5.75 Å². The third kappa shape index (κ3) is 3.40. The number of piperazine rings is 1. The number of nitrogens with one attached hydrogen (secondary N) is 1. The van der Waals surface area contributed by atoms with Gasteiger partial charge in [-0.05, 0) is 24.6 Å². The molecule has 0 unspecified atom stereocenters. The van der Waals surface area contributed by atoms with E-state index in [2.05, 4.69) is 21.9 Å². The molecule has 5 heteroatoms. The first kappa shape index (κ1) is 13.2. The van der Waals surface area contributed by atoms with Crippen LogP contribution in [-0.4, -0.2) is 37.7 Å². The van der Waals surface area contributed by atoms with Gasteiger partial charge in [-0.15, -0.1) is 0 Å². The Morgan fingerprint density at radius 3 is 2.33 bits per heavy atom. The van der Waals surface area contributed by atoms with Crippen molar-refractivity contribution in [2.24, 2.45) is 0 Å². The highest BCUT2D eigenvalue weighted by Crippen LogP contribution is 2.23. The zero-order chi connectivity index (χ0) is 13.0. The van der Waals surface area contributed by atoms with E-state index in [0.29, 0.717) is 6.04 Å². The highest BCUT2D eigenvalue weighted by Gasteiger charge is 2.17. The summed E-state index contributed by atoms with van der Waals surface area (Å²) >= 11 is 0. The second-order valence-electron chi connectivity index (χ2n) is 4.41. The van der Waals surface area contributed by atoms with E-state index in [0.717, 1.165) is 31.7 Å². The minimum atomic E-state index is -2.76. The van der Waals surface area contributed by atoms with Gasteiger partial charge in [0.1, 0.15) is 5.75 Å². The Labute approximate surface area is 106 Å². The molecule has 1 heterocycles. The van der Waals surface area contributed by atoms with Gasteiger partial charge < -0.3 is 10.1 Å². The SMILES string of the molecule is C[C@H](c1ccc(OC(F)F)cc1)N1CCNCC1. The van der Waals surface area contributed by atoms with Gasteiger partial charge in [0.25, 0.3) is 0 Å². The van der Waals surface area contributed by atoms with Crippen molar-refractivity contribution in [2.75, 3.05) is 26.2 Å². The Bertz CT molecular complexity index is 364. The van der Waals surface area contributed by atoms with Crippen LogP contribution in [0, 0.1) is 0 Å². The second kappa shape index (κ2) is 6.11. The predicted molar refractivity (Wildman–Crippen MR) is 65.9 cm³/mol. The lowest BCUT2D eigenvalue weighted by atomic mass is 10.1. The highest BCUT2D eigenvalue weighted by atomic mass is 19.3. The van der Waals surface area contributed by atoms with E-state index >= 15 is 0 Å². The fourth-order valence-electron chi connectivity index (χ4n) is 2.21. The zero-order valence-corrected chi connectivity index (χ0v) is 10.4. The molecule has 0 saturated carbocycles. The lowest BCUT2D eigenvalue weighted by molar-refractivity contribution is -0.0498. The van der Waals surface area contributed by atoms with Crippen LogP contribution < -0.4 is 10.1 Å². The number of ether oxygens (including phenoxy) is 1. The Morgan fingerprint density at radius 2 is 1.78 bits per heavy atom. The van der Waals surface area contributed by atoms with Crippen LogP contribution in [0.25, 0.3) is 0 Å². The van der Waals surface area contributed by atoms with Gasteiger partial charge in [0, 0.05) is 32.2 Å². The van der Waals surface area contributed by atoms with E-state index in [1.54, 1.807) is 12.1 Å². The summed E-state index contributed by atoms with van der Waals surface area (Å²) in [5.41, 5.74) is 1.12. The molecule has 18 heavy (non-hydrogen) atoms. The largest absolute Gasteiger partial charge is 0.435 e. The third-order valence-corrected chi connectivity index (χ3v) is 3.29. The smallest absolute Gasteiger partial charge is 0.387 e. The average Bonchev–Trinajstić information content (AvgIpc) is 2.39. The summed E-state index contributed by atoms with van der Waals surface area (Å²) in [5.74, 6) is 0.210. The van der Waals surface area contributed by atoms with Gasteiger partial charge in [0.15, 0.2) is 0 Å². The summed E-state index contributed by atoms with van der Waals surface area (Å²) in [7, 11) is 0. The molecule has 0 radical (unpaired) electrons. The number of rotatable bonds is 4. The lowest BCUT2D eigenvalue weighted by Crippen LogP contribution is -2.44. The normalized spacial score (nSPS) is 18.9. The second-order valence-corrected chi connectivity index (χ2v) is 4.41. The molecule has 1 aliphatic rings. The summed E-state index contributed by atoms with van der Waals surface area (Å²) in [6, 6.07) is 7.20. The minimum absolute atomic E-state index is 0.210. The van der Waals surface area contributed by atoms with Crippen LogP contribution in [0.3, 0.4) is 0 Å². The van der Waals surface area contributed by atoms with Crippen LogP contribution in [0.5, 0.6) is 5.75 Å². The van der Waals surface area contributed by atoms with Crippen molar-refractivity contribution in [1.29, 1.82) is 0 Å². The first-order chi connectivity index (χ1) is 8.66. The molecular formula is C13H18F2N2O. The van der Waals surface area contributed by atoms with E-state index in [9.17, 15) is 8.78 Å². The molecule has 1 aromatic carbocycles. The number of hydrogen-bond acceptors (Lipinski definition) is 3. The van der Waals surface area contributed by atoms with E-state index in [4.69, 9.17) is 0 Å². The van der Waals surface area contributed by atoms with Gasteiger partial charge >= 0.3 is 6.61 Å². The summed E-state index contributed by atoms with van der Waals surface area (Å²) in [6.07, 6.45) is 0. The van der Waals surface area contributed by atoms with Crippen LogP contribution in [0.1, 0.15) is 18.5 Å². The van der Waals surface area contributed by atoms with Crippen LogP contribution in [0.2, 0.25) is 0 Å². The number of alkyl halides is 2. The van der Waals surface area contributed by atoms with E-state index < -0.39 is 6.61 Å². The maximum atomic E-state index is 12.0. The molecule has 1 fully saturated rings. The van der Waals surface area contributed by atoms with Crippen molar-refractivity contribution in [2.45, 2.75) is 19.6 Å². The Hall–Kier alpha value is -1.20. The molecule has 0 aliphatic carbocycles. The zero-order valence-electron chi connectivity index (χ0n) is 10.4. The van der Waals surface area contributed by atoms with Gasteiger partial charge in [-0.3, -0.25) is 4.90 Å². The van der Waals surface area contributed by atoms with Crippen LogP contribution in [0.4, 0.5) is 8.78 Å². The number of benzene rings is 1. The van der Waals surface area contributed by atoms with Crippen molar-refractivity contribution in [3.63, 3.8) is 0 Å². The summed E-state index contributed by atoms with van der Waals surface area (Å²) in [5, 5.41) is 3.31.